The summed E-state index contributed by atoms with van der Waals surface area (Å²) in [5.74, 6) is 0. The highest BCUT2D eigenvalue weighted by atomic mass is 79.9. The number of halogens is 1. The maximum absolute atomic E-state index is 6.36. The van der Waals surface area contributed by atoms with Crippen LogP contribution in [0.2, 0.25) is 0 Å². The lowest BCUT2D eigenvalue weighted by Gasteiger charge is -2.14. The Morgan fingerprint density at radius 2 is 2.05 bits per heavy atom. The van der Waals surface area contributed by atoms with Crippen LogP contribution < -0.4 is 5.73 Å². The van der Waals surface area contributed by atoms with Gasteiger partial charge in [-0.2, -0.15) is 0 Å². The molecule has 2 N–H and O–H groups in total. The first-order chi connectivity index (χ1) is 9.18. The highest BCUT2D eigenvalue weighted by Gasteiger charge is 2.20. The highest BCUT2D eigenvalue weighted by Crippen LogP contribution is 2.28. The van der Waals surface area contributed by atoms with Crippen molar-refractivity contribution in [1.29, 1.82) is 0 Å². The normalized spacial score (nSPS) is 12.8. The van der Waals surface area contributed by atoms with Gasteiger partial charge >= 0.3 is 0 Å². The first-order valence-corrected chi connectivity index (χ1v) is 6.62. The number of nitrogens with zero attached hydrogens (tertiary/aromatic N) is 4. The Labute approximate surface area is 118 Å². The van der Waals surface area contributed by atoms with Crippen molar-refractivity contribution in [3.8, 4) is 0 Å². The Kier molecular flexibility index (Phi) is 3.04. The number of hydrogen-bond acceptors (Lipinski definition) is 4. The first-order valence-electron chi connectivity index (χ1n) is 5.83. The predicted molar refractivity (Wildman–Crippen MR) is 76.5 cm³/mol. The van der Waals surface area contributed by atoms with E-state index < -0.39 is 0 Å². The maximum Gasteiger partial charge on any atom is 0.153 e. The Hall–Kier alpha value is -1.79. The van der Waals surface area contributed by atoms with Gasteiger partial charge in [-0.25, -0.2) is 4.68 Å². The van der Waals surface area contributed by atoms with Crippen LogP contribution in [0.15, 0.2) is 41.1 Å². The van der Waals surface area contributed by atoms with E-state index in [4.69, 9.17) is 5.73 Å². The summed E-state index contributed by atoms with van der Waals surface area (Å²) in [7, 11) is 1.82. The lowest BCUT2D eigenvalue weighted by molar-refractivity contribution is 0.652. The van der Waals surface area contributed by atoms with E-state index in [9.17, 15) is 0 Å². The molecule has 0 radical (unpaired) electrons. The molecule has 2 aromatic heterocycles. The zero-order valence-electron chi connectivity index (χ0n) is 10.3. The zero-order chi connectivity index (χ0) is 13.4. The molecule has 3 rings (SSSR count). The van der Waals surface area contributed by atoms with Gasteiger partial charge < -0.3 is 5.73 Å². The SMILES string of the molecule is Cn1nnc(Br)c1C(N)c1cccc2cccnc12. The fourth-order valence-corrected chi connectivity index (χ4v) is 2.77. The second-order valence-corrected chi connectivity index (χ2v) is 5.04. The van der Waals surface area contributed by atoms with Crippen LogP contribution in [-0.4, -0.2) is 20.0 Å². The average molecular weight is 318 g/mol. The van der Waals surface area contributed by atoms with Crippen molar-refractivity contribution in [2.75, 3.05) is 0 Å². The van der Waals surface area contributed by atoms with Gasteiger partial charge in [0, 0.05) is 24.2 Å². The van der Waals surface area contributed by atoms with Crippen LogP contribution in [0, 0.1) is 0 Å². The van der Waals surface area contributed by atoms with Gasteiger partial charge in [-0.1, -0.05) is 29.5 Å². The lowest BCUT2D eigenvalue weighted by Crippen LogP contribution is -2.17. The first kappa shape index (κ1) is 12.3. The number of benzene rings is 1. The minimum atomic E-state index is -0.326. The molecule has 2 heterocycles. The molecule has 6 heteroatoms. The predicted octanol–water partition coefficient (Wildman–Crippen LogP) is 2.17. The summed E-state index contributed by atoms with van der Waals surface area (Å²) in [6, 6.07) is 9.60. The van der Waals surface area contributed by atoms with Gasteiger partial charge in [0.15, 0.2) is 4.60 Å². The Bertz CT molecular complexity index is 712. The van der Waals surface area contributed by atoms with Crippen molar-refractivity contribution in [1.82, 2.24) is 20.0 Å². The third-order valence-electron chi connectivity index (χ3n) is 3.12. The van der Waals surface area contributed by atoms with E-state index in [0.717, 1.165) is 22.2 Å². The van der Waals surface area contributed by atoms with E-state index in [0.29, 0.717) is 4.60 Å². The topological polar surface area (TPSA) is 69.6 Å². The van der Waals surface area contributed by atoms with Crippen LogP contribution in [0.1, 0.15) is 17.3 Å². The Balaban J connectivity index is 2.20. The van der Waals surface area contributed by atoms with Crippen LogP contribution in [0.25, 0.3) is 10.9 Å². The monoisotopic (exact) mass is 317 g/mol. The van der Waals surface area contributed by atoms with E-state index in [1.165, 1.54) is 0 Å². The molecule has 1 aromatic carbocycles. The molecule has 96 valence electrons. The molecule has 0 aliphatic rings. The molecule has 0 bridgehead atoms. The van der Waals surface area contributed by atoms with E-state index in [-0.39, 0.29) is 6.04 Å². The van der Waals surface area contributed by atoms with Gasteiger partial charge in [0.05, 0.1) is 17.3 Å². The number of para-hydroxylation sites is 1. The van der Waals surface area contributed by atoms with Crippen LogP contribution in [0.3, 0.4) is 0 Å². The van der Waals surface area contributed by atoms with Gasteiger partial charge in [-0.15, -0.1) is 5.10 Å². The summed E-state index contributed by atoms with van der Waals surface area (Å²) in [4.78, 5) is 4.43. The molecule has 0 saturated heterocycles. The summed E-state index contributed by atoms with van der Waals surface area (Å²) >= 11 is 3.38. The molecule has 3 aromatic rings. The smallest absolute Gasteiger partial charge is 0.153 e. The molecule has 1 unspecified atom stereocenters. The number of pyridine rings is 1. The molecule has 5 nitrogen and oxygen atoms in total. The second kappa shape index (κ2) is 4.71. The summed E-state index contributed by atoms with van der Waals surface area (Å²) in [5, 5.41) is 9.01. The molecule has 0 saturated carbocycles. The van der Waals surface area contributed by atoms with Crippen molar-refractivity contribution in [3.63, 3.8) is 0 Å². The summed E-state index contributed by atoms with van der Waals surface area (Å²) in [6.45, 7) is 0. The fourth-order valence-electron chi connectivity index (χ4n) is 2.19. The zero-order valence-corrected chi connectivity index (χ0v) is 11.9. The third-order valence-corrected chi connectivity index (χ3v) is 3.69. The van der Waals surface area contributed by atoms with Crippen molar-refractivity contribution in [2.24, 2.45) is 12.8 Å². The van der Waals surface area contributed by atoms with E-state index in [1.54, 1.807) is 10.9 Å². The minimum Gasteiger partial charge on any atom is -0.319 e. The van der Waals surface area contributed by atoms with Gasteiger partial charge in [0.2, 0.25) is 0 Å². The maximum atomic E-state index is 6.36. The number of hydrogen-bond donors (Lipinski definition) is 1. The van der Waals surface area contributed by atoms with Crippen molar-refractivity contribution >= 4 is 26.8 Å². The lowest BCUT2D eigenvalue weighted by atomic mass is 10.0. The summed E-state index contributed by atoms with van der Waals surface area (Å²) in [5.41, 5.74) is 9.06. The molecular weight excluding hydrogens is 306 g/mol. The molecule has 0 aliphatic heterocycles. The van der Waals surface area contributed by atoms with Gasteiger partial charge in [-0.05, 0) is 22.0 Å². The number of fused-ring (bicyclic) bond motifs is 1. The summed E-state index contributed by atoms with van der Waals surface area (Å²) in [6.07, 6.45) is 1.77. The molecule has 0 fully saturated rings. The minimum absolute atomic E-state index is 0.326. The Morgan fingerprint density at radius 1 is 1.26 bits per heavy atom. The van der Waals surface area contributed by atoms with Crippen LogP contribution in [-0.2, 0) is 7.05 Å². The average Bonchev–Trinajstić information content (AvgIpc) is 2.77. The van der Waals surface area contributed by atoms with Crippen LogP contribution >= 0.6 is 15.9 Å². The quantitative estimate of drug-likeness (QED) is 0.786. The standard InChI is InChI=1S/C13H12BrN5/c1-19-12(13(14)17-18-19)10(15)9-6-2-4-8-5-3-7-16-11(8)9/h2-7,10H,15H2,1H3. The fraction of sp³-hybridized carbons (Fsp3) is 0.154. The molecule has 1 atom stereocenters. The largest absolute Gasteiger partial charge is 0.319 e. The molecule has 0 aliphatic carbocycles. The second-order valence-electron chi connectivity index (χ2n) is 4.29. The van der Waals surface area contributed by atoms with Crippen molar-refractivity contribution in [3.05, 3.63) is 52.4 Å². The third kappa shape index (κ3) is 2.02. The van der Waals surface area contributed by atoms with Crippen LogP contribution in [0.5, 0.6) is 0 Å². The Morgan fingerprint density at radius 3 is 2.79 bits per heavy atom. The van der Waals surface area contributed by atoms with E-state index in [2.05, 4.69) is 31.2 Å². The van der Waals surface area contributed by atoms with Crippen molar-refractivity contribution < 1.29 is 0 Å². The number of nitrogens with two attached hydrogens (primary N) is 1. The van der Waals surface area contributed by atoms with Crippen LogP contribution in [0.4, 0.5) is 0 Å². The summed E-state index contributed by atoms with van der Waals surface area (Å²) < 4.78 is 2.34. The molecule has 0 spiro atoms. The molecule has 0 amide bonds. The van der Waals surface area contributed by atoms with E-state index in [1.807, 2.05) is 37.4 Å². The molecule has 19 heavy (non-hydrogen) atoms. The number of aromatic nitrogens is 4. The van der Waals surface area contributed by atoms with Gasteiger partial charge in [-0.3, -0.25) is 4.98 Å². The number of rotatable bonds is 2. The highest BCUT2D eigenvalue weighted by molar-refractivity contribution is 9.10. The van der Waals surface area contributed by atoms with E-state index >= 15 is 0 Å². The van der Waals surface area contributed by atoms with Gasteiger partial charge in [0.25, 0.3) is 0 Å². The molecular formula is C13H12BrN5. The van der Waals surface area contributed by atoms with Gasteiger partial charge in [0.1, 0.15) is 0 Å². The number of aryl methyl sites for hydroxylation is 1. The van der Waals surface area contributed by atoms with Crippen molar-refractivity contribution in [2.45, 2.75) is 6.04 Å².